The molecule has 20 heavy (non-hydrogen) atoms. The van der Waals surface area contributed by atoms with Crippen LogP contribution in [0.4, 0.5) is 0 Å². The quantitative estimate of drug-likeness (QED) is 0.718. The van der Waals surface area contributed by atoms with Gasteiger partial charge in [0.1, 0.15) is 0 Å². The Morgan fingerprint density at radius 2 is 1.65 bits per heavy atom. The third-order valence-electron chi connectivity index (χ3n) is 3.87. The third kappa shape index (κ3) is 5.10. The summed E-state index contributed by atoms with van der Waals surface area (Å²) in [5, 5.41) is 2.68. The summed E-state index contributed by atoms with van der Waals surface area (Å²) in [5.74, 6) is 0. The van der Waals surface area contributed by atoms with E-state index in [1.54, 1.807) is 5.19 Å². The van der Waals surface area contributed by atoms with Crippen LogP contribution in [0.5, 0.6) is 0 Å². The van der Waals surface area contributed by atoms with E-state index < -0.39 is 0 Å². The molecular formula is C18H26Si2. The van der Waals surface area contributed by atoms with Gasteiger partial charge >= 0.3 is 0 Å². The maximum Gasteiger partial charge on any atom is 0.0544 e. The first-order valence-electron chi connectivity index (χ1n) is 7.74. The van der Waals surface area contributed by atoms with Crippen molar-refractivity contribution in [2.24, 2.45) is 0 Å². The minimum atomic E-state index is -0.0411. The highest BCUT2D eigenvalue weighted by atomic mass is 28.2. The van der Waals surface area contributed by atoms with Gasteiger partial charge in [-0.3, -0.25) is 0 Å². The molecule has 0 radical (unpaired) electrons. The molecule has 0 spiro atoms. The van der Waals surface area contributed by atoms with E-state index >= 15 is 0 Å². The molecule has 0 saturated carbocycles. The number of aryl methyl sites for hydroxylation is 3. The fourth-order valence-electron chi connectivity index (χ4n) is 2.99. The van der Waals surface area contributed by atoms with Crippen molar-refractivity contribution in [2.75, 3.05) is 0 Å². The fourth-order valence-corrected chi connectivity index (χ4v) is 6.65. The summed E-state index contributed by atoms with van der Waals surface area (Å²) in [5.41, 5.74) is 4.33. The van der Waals surface area contributed by atoms with Crippen molar-refractivity contribution in [1.82, 2.24) is 0 Å². The molecule has 106 valence electrons. The van der Waals surface area contributed by atoms with Crippen LogP contribution in [0.2, 0.25) is 5.16 Å². The van der Waals surface area contributed by atoms with Crippen LogP contribution < -0.4 is 5.19 Å². The Bertz CT molecular complexity index is 514. The minimum absolute atomic E-state index is 0.0411. The Kier molecular flexibility index (Phi) is 5.80. The van der Waals surface area contributed by atoms with Gasteiger partial charge in [-0.15, -0.1) is 0 Å². The minimum Gasteiger partial charge on any atom is -0.0670 e. The van der Waals surface area contributed by atoms with E-state index in [9.17, 15) is 0 Å². The first kappa shape index (κ1) is 15.3. The molecule has 0 N–H and O–H groups in total. The molecule has 0 heterocycles. The monoisotopic (exact) mass is 298 g/mol. The Morgan fingerprint density at radius 1 is 1.00 bits per heavy atom. The summed E-state index contributed by atoms with van der Waals surface area (Å²) in [7, 11) is 1.32. The Morgan fingerprint density at radius 3 is 2.30 bits per heavy atom. The molecular weight excluding hydrogens is 272 g/mol. The summed E-state index contributed by atoms with van der Waals surface area (Å²) in [4.78, 5) is 0. The van der Waals surface area contributed by atoms with Crippen molar-refractivity contribution in [3.05, 3.63) is 65.2 Å². The molecule has 0 aliphatic rings. The third-order valence-corrected chi connectivity index (χ3v) is 7.72. The van der Waals surface area contributed by atoms with Crippen molar-refractivity contribution in [1.29, 1.82) is 0 Å². The largest absolute Gasteiger partial charge is 0.0670 e. The number of benzene rings is 2. The van der Waals surface area contributed by atoms with E-state index in [1.807, 2.05) is 0 Å². The van der Waals surface area contributed by atoms with Crippen LogP contribution in [-0.2, 0) is 6.42 Å². The van der Waals surface area contributed by atoms with Crippen molar-refractivity contribution < 1.29 is 0 Å². The van der Waals surface area contributed by atoms with Gasteiger partial charge in [-0.2, -0.15) is 0 Å². The standard InChI is InChI=1S/C18H26Si2/c1-14-11-15(2)13-16(12-14)7-6-10-18(19)20-17-8-4-3-5-9-17/h3-5,8-9,11-13,18H,6-7,10,20H2,1-2,19H3. The molecule has 0 bridgehead atoms. The second-order valence-corrected chi connectivity index (χ2v) is 12.1. The summed E-state index contributed by atoms with van der Waals surface area (Å²) >= 11 is 0. The molecule has 2 rings (SSSR count). The van der Waals surface area contributed by atoms with E-state index in [-0.39, 0.29) is 9.52 Å². The van der Waals surface area contributed by atoms with Crippen molar-refractivity contribution >= 4 is 24.9 Å². The van der Waals surface area contributed by atoms with Crippen molar-refractivity contribution in [3.8, 4) is 0 Å². The van der Waals surface area contributed by atoms with Crippen molar-refractivity contribution in [3.63, 3.8) is 0 Å². The van der Waals surface area contributed by atoms with E-state index in [1.165, 1.54) is 46.2 Å². The first-order chi connectivity index (χ1) is 9.63. The number of hydrogen-bond acceptors (Lipinski definition) is 0. The molecule has 2 aromatic rings. The zero-order valence-corrected chi connectivity index (χ0v) is 16.4. The summed E-state index contributed by atoms with van der Waals surface area (Å²) in [6.45, 7) is 4.41. The molecule has 2 aromatic carbocycles. The molecule has 0 nitrogen and oxygen atoms in total. The van der Waals surface area contributed by atoms with Gasteiger partial charge in [0.25, 0.3) is 0 Å². The van der Waals surface area contributed by atoms with Crippen LogP contribution in [0.1, 0.15) is 29.5 Å². The lowest BCUT2D eigenvalue weighted by Gasteiger charge is -2.11. The molecule has 1 unspecified atom stereocenters. The Balaban J connectivity index is 1.78. The van der Waals surface area contributed by atoms with Gasteiger partial charge in [-0.05, 0) is 32.3 Å². The van der Waals surface area contributed by atoms with Gasteiger partial charge < -0.3 is 0 Å². The molecule has 0 saturated heterocycles. The van der Waals surface area contributed by atoms with Gasteiger partial charge in [0.15, 0.2) is 0 Å². The van der Waals surface area contributed by atoms with E-state index in [0.29, 0.717) is 0 Å². The van der Waals surface area contributed by atoms with E-state index in [2.05, 4.69) is 62.4 Å². The molecule has 0 aliphatic carbocycles. The lowest BCUT2D eigenvalue weighted by molar-refractivity contribution is 0.770. The lowest BCUT2D eigenvalue weighted by atomic mass is 10.0. The highest BCUT2D eigenvalue weighted by molar-refractivity contribution is 6.62. The van der Waals surface area contributed by atoms with Crippen molar-refractivity contribution in [2.45, 2.75) is 38.3 Å². The van der Waals surface area contributed by atoms with Crippen LogP contribution in [0.15, 0.2) is 48.5 Å². The molecule has 0 amide bonds. The number of hydrogen-bond donors (Lipinski definition) is 0. The van der Waals surface area contributed by atoms with Gasteiger partial charge in [-0.25, -0.2) is 0 Å². The molecule has 0 aromatic heterocycles. The zero-order valence-electron chi connectivity index (χ0n) is 13.0. The lowest BCUT2D eigenvalue weighted by Crippen LogP contribution is -2.19. The fraction of sp³-hybridized carbons (Fsp3) is 0.333. The van der Waals surface area contributed by atoms with Gasteiger partial charge in [0.05, 0.1) is 9.52 Å². The van der Waals surface area contributed by atoms with E-state index in [0.717, 1.165) is 5.16 Å². The van der Waals surface area contributed by atoms with Gasteiger partial charge in [-0.1, -0.05) is 76.4 Å². The summed E-state index contributed by atoms with van der Waals surface area (Å²) in [6, 6.07) is 18.1. The van der Waals surface area contributed by atoms with Gasteiger partial charge in [0.2, 0.25) is 0 Å². The highest BCUT2D eigenvalue weighted by Gasteiger charge is 2.05. The van der Waals surface area contributed by atoms with Gasteiger partial charge in [0, 0.05) is 10.2 Å². The Labute approximate surface area is 128 Å². The predicted octanol–water partition coefficient (Wildman–Crippen LogP) is 2.23. The second kappa shape index (κ2) is 7.60. The molecule has 2 heteroatoms. The highest BCUT2D eigenvalue weighted by Crippen LogP contribution is 2.14. The maximum atomic E-state index is 2.35. The smallest absolute Gasteiger partial charge is 0.0544 e. The predicted molar refractivity (Wildman–Crippen MR) is 97.2 cm³/mol. The van der Waals surface area contributed by atoms with E-state index in [4.69, 9.17) is 0 Å². The van der Waals surface area contributed by atoms with Crippen LogP contribution in [0, 0.1) is 13.8 Å². The zero-order chi connectivity index (χ0) is 14.4. The molecule has 0 aliphatic heterocycles. The summed E-state index contributed by atoms with van der Waals surface area (Å²) < 4.78 is 0. The Hall–Kier alpha value is -1.13. The molecule has 1 atom stereocenters. The van der Waals surface area contributed by atoms with Crippen LogP contribution in [0.3, 0.4) is 0 Å². The summed E-state index contributed by atoms with van der Waals surface area (Å²) in [6.07, 6.45) is 4.04. The second-order valence-electron chi connectivity index (χ2n) is 6.18. The molecule has 0 fully saturated rings. The normalized spacial score (nSPS) is 13.1. The number of rotatable bonds is 6. The van der Waals surface area contributed by atoms with Crippen LogP contribution >= 0.6 is 0 Å². The SMILES string of the molecule is Cc1cc(C)cc(CCCC([SiH3])[SiH2]c2ccccc2)c1. The average molecular weight is 299 g/mol. The average Bonchev–Trinajstić information content (AvgIpc) is 2.38. The van der Waals surface area contributed by atoms with Crippen LogP contribution in [0.25, 0.3) is 0 Å². The first-order valence-corrected chi connectivity index (χ1v) is 10.4. The maximum absolute atomic E-state index is 2.35. The topological polar surface area (TPSA) is 0 Å². The van der Waals surface area contributed by atoms with Crippen LogP contribution in [-0.4, -0.2) is 19.8 Å².